The van der Waals surface area contributed by atoms with Crippen LogP contribution in [0.1, 0.15) is 20.3 Å². The van der Waals surface area contributed by atoms with E-state index < -0.39 is 0 Å². The largest absolute Gasteiger partial charge is 0.466 e. The van der Waals surface area contributed by atoms with Crippen molar-refractivity contribution in [1.82, 2.24) is 9.13 Å². The Morgan fingerprint density at radius 1 is 1.41 bits per heavy atom. The molecule has 5 heteroatoms. The van der Waals surface area contributed by atoms with Crippen LogP contribution in [0.2, 0.25) is 0 Å². The van der Waals surface area contributed by atoms with Gasteiger partial charge < -0.3 is 4.74 Å². The fourth-order valence-corrected chi connectivity index (χ4v) is 1.48. The summed E-state index contributed by atoms with van der Waals surface area (Å²) in [5.41, 5.74) is 0.448. The standard InChI is InChI=1S/C12H18N2O3/c1-4-6-13-8-9-14(12(13)16)7-5-10(2)11(15)17-3/h5,8-9H,4,6-7H2,1-3H3/b10-5-. The molecule has 1 rings (SSSR count). The molecule has 0 radical (unpaired) electrons. The van der Waals surface area contributed by atoms with Gasteiger partial charge in [0, 0.05) is 31.1 Å². The van der Waals surface area contributed by atoms with E-state index >= 15 is 0 Å². The van der Waals surface area contributed by atoms with Crippen molar-refractivity contribution in [3.05, 3.63) is 34.5 Å². The molecule has 0 aliphatic rings. The molecule has 0 aliphatic heterocycles. The number of carbonyl (C=O) groups is 1. The fourth-order valence-electron chi connectivity index (χ4n) is 1.48. The zero-order valence-corrected chi connectivity index (χ0v) is 10.5. The van der Waals surface area contributed by atoms with Gasteiger partial charge in [-0.15, -0.1) is 0 Å². The maximum Gasteiger partial charge on any atom is 0.333 e. The predicted molar refractivity (Wildman–Crippen MR) is 64.8 cm³/mol. The van der Waals surface area contributed by atoms with Crippen molar-refractivity contribution < 1.29 is 9.53 Å². The number of carbonyl (C=O) groups excluding carboxylic acids is 1. The van der Waals surface area contributed by atoms with Crippen LogP contribution in [0.25, 0.3) is 0 Å². The van der Waals surface area contributed by atoms with Crippen LogP contribution in [0.15, 0.2) is 28.8 Å². The van der Waals surface area contributed by atoms with Gasteiger partial charge in [0.2, 0.25) is 0 Å². The summed E-state index contributed by atoms with van der Waals surface area (Å²) in [5.74, 6) is -0.369. The Balaban J connectivity index is 2.76. The summed E-state index contributed by atoms with van der Waals surface area (Å²) in [6.07, 6.45) is 6.08. The second-order valence-corrected chi connectivity index (χ2v) is 3.81. The van der Waals surface area contributed by atoms with Gasteiger partial charge in [0.25, 0.3) is 0 Å². The molecular weight excluding hydrogens is 220 g/mol. The molecule has 0 aliphatic carbocycles. The van der Waals surface area contributed by atoms with Crippen molar-refractivity contribution in [1.29, 1.82) is 0 Å². The molecule has 1 aromatic rings. The van der Waals surface area contributed by atoms with Crippen LogP contribution in [0.5, 0.6) is 0 Å². The third-order valence-corrected chi connectivity index (χ3v) is 2.48. The highest BCUT2D eigenvalue weighted by molar-refractivity contribution is 5.87. The van der Waals surface area contributed by atoms with E-state index in [0.717, 1.165) is 6.42 Å². The van der Waals surface area contributed by atoms with Gasteiger partial charge in [-0.3, -0.25) is 9.13 Å². The molecule has 0 saturated heterocycles. The molecule has 17 heavy (non-hydrogen) atoms. The van der Waals surface area contributed by atoms with Gasteiger partial charge in [-0.2, -0.15) is 0 Å². The smallest absolute Gasteiger partial charge is 0.333 e. The SMILES string of the molecule is CCCn1ccn(C/C=C(/C)C(=O)OC)c1=O. The molecular formula is C12H18N2O3. The van der Waals surface area contributed by atoms with Gasteiger partial charge in [-0.05, 0) is 13.3 Å². The maximum absolute atomic E-state index is 11.8. The second kappa shape index (κ2) is 6.08. The van der Waals surface area contributed by atoms with E-state index in [9.17, 15) is 9.59 Å². The van der Waals surface area contributed by atoms with Crippen LogP contribution in [-0.2, 0) is 22.6 Å². The first kappa shape index (κ1) is 13.3. The van der Waals surface area contributed by atoms with Crippen LogP contribution in [0.3, 0.4) is 0 Å². The Morgan fingerprint density at radius 2 is 2.06 bits per heavy atom. The van der Waals surface area contributed by atoms with Crippen molar-refractivity contribution in [3.63, 3.8) is 0 Å². The van der Waals surface area contributed by atoms with Crippen LogP contribution >= 0.6 is 0 Å². The minimum absolute atomic E-state index is 0.0548. The topological polar surface area (TPSA) is 53.2 Å². The zero-order valence-electron chi connectivity index (χ0n) is 10.5. The fraction of sp³-hybridized carbons (Fsp3) is 0.500. The number of imidazole rings is 1. The van der Waals surface area contributed by atoms with E-state index in [4.69, 9.17) is 0 Å². The number of nitrogens with zero attached hydrogens (tertiary/aromatic N) is 2. The summed E-state index contributed by atoms with van der Waals surface area (Å²) in [4.78, 5) is 22.9. The lowest BCUT2D eigenvalue weighted by Crippen LogP contribution is -2.23. The second-order valence-electron chi connectivity index (χ2n) is 3.81. The number of methoxy groups -OCH3 is 1. The molecule has 0 atom stereocenters. The van der Waals surface area contributed by atoms with Gasteiger partial charge in [-0.25, -0.2) is 9.59 Å². The number of hydrogen-bond donors (Lipinski definition) is 0. The highest BCUT2D eigenvalue weighted by Crippen LogP contribution is 1.97. The number of allylic oxidation sites excluding steroid dienone is 1. The Morgan fingerprint density at radius 3 is 2.65 bits per heavy atom. The van der Waals surface area contributed by atoms with E-state index in [1.54, 1.807) is 34.5 Å². The molecule has 0 bridgehead atoms. The molecule has 0 N–H and O–H groups in total. The Bertz CT molecular complexity index is 468. The highest BCUT2D eigenvalue weighted by atomic mass is 16.5. The van der Waals surface area contributed by atoms with Crippen molar-refractivity contribution in [2.24, 2.45) is 0 Å². The van der Waals surface area contributed by atoms with Gasteiger partial charge in [0.1, 0.15) is 0 Å². The Hall–Kier alpha value is -1.78. The first-order valence-electron chi connectivity index (χ1n) is 5.60. The first-order valence-corrected chi connectivity index (χ1v) is 5.60. The minimum atomic E-state index is -0.369. The molecule has 1 heterocycles. The van der Waals surface area contributed by atoms with E-state index in [1.807, 2.05) is 6.92 Å². The lowest BCUT2D eigenvalue weighted by Gasteiger charge is -2.00. The van der Waals surface area contributed by atoms with E-state index in [-0.39, 0.29) is 11.7 Å². The third-order valence-electron chi connectivity index (χ3n) is 2.48. The summed E-state index contributed by atoms with van der Waals surface area (Å²) in [5, 5.41) is 0. The van der Waals surface area contributed by atoms with Crippen molar-refractivity contribution >= 4 is 5.97 Å². The van der Waals surface area contributed by atoms with Crippen LogP contribution < -0.4 is 5.69 Å². The summed E-state index contributed by atoms with van der Waals surface area (Å²) < 4.78 is 7.79. The van der Waals surface area contributed by atoms with Crippen LogP contribution in [0.4, 0.5) is 0 Å². The number of aromatic nitrogens is 2. The first-order chi connectivity index (χ1) is 8.10. The highest BCUT2D eigenvalue weighted by Gasteiger charge is 2.04. The number of rotatable bonds is 5. The molecule has 94 valence electrons. The number of aryl methyl sites for hydroxylation is 1. The monoisotopic (exact) mass is 238 g/mol. The van der Waals surface area contributed by atoms with Gasteiger partial charge in [-0.1, -0.05) is 13.0 Å². The molecule has 0 saturated carbocycles. The Kier molecular flexibility index (Phi) is 4.75. The van der Waals surface area contributed by atoms with Gasteiger partial charge in [0.15, 0.2) is 0 Å². The normalized spacial score (nSPS) is 11.6. The lowest BCUT2D eigenvalue weighted by molar-refractivity contribution is -0.136. The zero-order chi connectivity index (χ0) is 12.8. The Labute approximate surface area is 100 Å². The van der Waals surface area contributed by atoms with E-state index in [0.29, 0.717) is 18.7 Å². The predicted octanol–water partition coefficient (Wildman–Crippen LogP) is 1.18. The molecule has 0 aromatic carbocycles. The molecule has 5 nitrogen and oxygen atoms in total. The van der Waals surface area contributed by atoms with Crippen molar-refractivity contribution in [3.8, 4) is 0 Å². The average molecular weight is 238 g/mol. The minimum Gasteiger partial charge on any atom is -0.466 e. The number of esters is 1. The van der Waals surface area contributed by atoms with Crippen molar-refractivity contribution in [2.45, 2.75) is 33.4 Å². The summed E-state index contributed by atoms with van der Waals surface area (Å²) in [6, 6.07) is 0. The van der Waals surface area contributed by atoms with Crippen LogP contribution in [0, 0.1) is 0 Å². The molecule has 0 unspecified atom stereocenters. The number of ether oxygens (including phenoxy) is 1. The number of hydrogen-bond acceptors (Lipinski definition) is 3. The summed E-state index contributed by atoms with van der Waals surface area (Å²) >= 11 is 0. The van der Waals surface area contributed by atoms with Crippen LogP contribution in [-0.4, -0.2) is 22.2 Å². The summed E-state index contributed by atoms with van der Waals surface area (Å²) in [6.45, 7) is 4.78. The molecule has 1 aromatic heterocycles. The lowest BCUT2D eigenvalue weighted by atomic mass is 10.3. The van der Waals surface area contributed by atoms with Gasteiger partial charge in [0.05, 0.1) is 7.11 Å². The van der Waals surface area contributed by atoms with E-state index in [2.05, 4.69) is 4.74 Å². The molecule has 0 amide bonds. The average Bonchev–Trinajstić information content (AvgIpc) is 2.67. The molecule has 0 spiro atoms. The molecule has 0 fully saturated rings. The van der Waals surface area contributed by atoms with E-state index in [1.165, 1.54) is 7.11 Å². The summed E-state index contributed by atoms with van der Waals surface area (Å²) in [7, 11) is 1.34. The van der Waals surface area contributed by atoms with Crippen molar-refractivity contribution in [2.75, 3.05) is 7.11 Å². The maximum atomic E-state index is 11.8. The third kappa shape index (κ3) is 3.34. The van der Waals surface area contributed by atoms with Gasteiger partial charge >= 0.3 is 11.7 Å². The quantitative estimate of drug-likeness (QED) is 0.571.